The van der Waals surface area contributed by atoms with Crippen LogP contribution in [0.25, 0.3) is 16.9 Å². The Hall–Kier alpha value is -2.35. The van der Waals surface area contributed by atoms with Gasteiger partial charge in [-0.1, -0.05) is 12.1 Å². The van der Waals surface area contributed by atoms with Gasteiger partial charge in [0.15, 0.2) is 0 Å². The molecule has 4 nitrogen and oxygen atoms in total. The van der Waals surface area contributed by atoms with E-state index in [4.69, 9.17) is 0 Å². The molecule has 25 heavy (non-hydrogen) atoms. The number of aromatic nitrogens is 3. The van der Waals surface area contributed by atoms with Crippen molar-refractivity contribution in [2.75, 3.05) is 11.9 Å². The van der Waals surface area contributed by atoms with Crippen LogP contribution in [0.4, 0.5) is 19.0 Å². The van der Waals surface area contributed by atoms with E-state index in [1.165, 1.54) is 16.8 Å². The number of alkyl halides is 3. The van der Waals surface area contributed by atoms with E-state index in [0.717, 1.165) is 21.7 Å². The highest BCUT2D eigenvalue weighted by molar-refractivity contribution is 9.10. The Kier molecular flexibility index (Phi) is 3.79. The van der Waals surface area contributed by atoms with Crippen molar-refractivity contribution in [3.63, 3.8) is 0 Å². The van der Waals surface area contributed by atoms with Crippen LogP contribution in [0.1, 0.15) is 11.1 Å². The van der Waals surface area contributed by atoms with Gasteiger partial charge in [0.1, 0.15) is 5.82 Å². The number of nitrogens with one attached hydrogen (secondary N) is 1. The van der Waals surface area contributed by atoms with Crippen molar-refractivity contribution in [1.82, 2.24) is 14.8 Å². The minimum absolute atomic E-state index is 0.00913. The van der Waals surface area contributed by atoms with Crippen molar-refractivity contribution < 1.29 is 13.2 Å². The zero-order chi connectivity index (χ0) is 17.6. The smallest absolute Gasteiger partial charge is 0.369 e. The van der Waals surface area contributed by atoms with E-state index in [1.54, 1.807) is 18.5 Å². The first-order valence-corrected chi connectivity index (χ1v) is 8.38. The van der Waals surface area contributed by atoms with Gasteiger partial charge in [0.2, 0.25) is 0 Å². The van der Waals surface area contributed by atoms with Gasteiger partial charge in [0.25, 0.3) is 0 Å². The molecule has 0 saturated carbocycles. The topological polar surface area (TPSA) is 42.7 Å². The average molecular weight is 409 g/mol. The van der Waals surface area contributed by atoms with Gasteiger partial charge in [-0.2, -0.15) is 18.3 Å². The van der Waals surface area contributed by atoms with Crippen LogP contribution in [0.15, 0.2) is 47.2 Å². The SMILES string of the molecule is FC(F)(F)c1ccccc1-n1nc(-c2cncc(Br)c2)c2c1NCC2. The Morgan fingerprint density at radius 1 is 1.16 bits per heavy atom. The van der Waals surface area contributed by atoms with Gasteiger partial charge in [-0.3, -0.25) is 4.98 Å². The lowest BCUT2D eigenvalue weighted by Crippen LogP contribution is -2.13. The van der Waals surface area contributed by atoms with E-state index in [-0.39, 0.29) is 5.69 Å². The first-order chi connectivity index (χ1) is 11.9. The lowest BCUT2D eigenvalue weighted by atomic mass is 10.1. The highest BCUT2D eigenvalue weighted by atomic mass is 79.9. The van der Waals surface area contributed by atoms with Crippen molar-refractivity contribution in [3.05, 3.63) is 58.3 Å². The standard InChI is InChI=1S/C17H12BrF3N4/c18-11-7-10(8-22-9-11)15-12-5-6-23-16(12)25(24-15)14-4-2-1-3-13(14)17(19,20)21/h1-4,7-9,23H,5-6H2. The summed E-state index contributed by atoms with van der Waals surface area (Å²) in [5.41, 5.74) is 1.60. The minimum atomic E-state index is -4.45. The molecule has 0 radical (unpaired) electrons. The number of halogens is 4. The lowest BCUT2D eigenvalue weighted by molar-refractivity contribution is -0.137. The number of fused-ring (bicyclic) bond motifs is 1. The maximum atomic E-state index is 13.4. The molecule has 0 unspecified atom stereocenters. The Labute approximate surface area is 149 Å². The second-order valence-electron chi connectivity index (χ2n) is 5.67. The first kappa shape index (κ1) is 16.1. The van der Waals surface area contributed by atoms with E-state index >= 15 is 0 Å². The molecule has 0 fully saturated rings. The number of para-hydroxylation sites is 1. The van der Waals surface area contributed by atoms with E-state index in [9.17, 15) is 13.2 Å². The molecule has 0 spiro atoms. The number of rotatable bonds is 2. The van der Waals surface area contributed by atoms with Crippen LogP contribution < -0.4 is 5.32 Å². The van der Waals surface area contributed by atoms with Crippen LogP contribution in [0.5, 0.6) is 0 Å². The van der Waals surface area contributed by atoms with E-state index in [0.29, 0.717) is 24.5 Å². The molecule has 1 aliphatic rings. The van der Waals surface area contributed by atoms with Crippen molar-refractivity contribution >= 4 is 21.7 Å². The van der Waals surface area contributed by atoms with Crippen molar-refractivity contribution in [2.24, 2.45) is 0 Å². The molecule has 8 heteroatoms. The molecular weight excluding hydrogens is 397 g/mol. The van der Waals surface area contributed by atoms with Crippen LogP contribution in [-0.4, -0.2) is 21.3 Å². The minimum Gasteiger partial charge on any atom is -0.369 e. The molecular formula is C17H12BrF3N4. The average Bonchev–Trinajstić information content (AvgIpc) is 3.16. The third-order valence-electron chi connectivity index (χ3n) is 4.07. The van der Waals surface area contributed by atoms with E-state index in [1.807, 2.05) is 6.07 Å². The molecule has 128 valence electrons. The molecule has 0 saturated heterocycles. The Bertz CT molecular complexity index is 949. The molecule has 1 aromatic carbocycles. The zero-order valence-corrected chi connectivity index (χ0v) is 14.4. The van der Waals surface area contributed by atoms with E-state index in [2.05, 4.69) is 31.3 Å². The van der Waals surface area contributed by atoms with Crippen LogP contribution in [0, 0.1) is 0 Å². The Balaban J connectivity index is 1.93. The maximum absolute atomic E-state index is 13.4. The molecule has 3 aromatic rings. The summed E-state index contributed by atoms with van der Waals surface area (Å²) in [4.78, 5) is 4.13. The third kappa shape index (κ3) is 2.80. The summed E-state index contributed by atoms with van der Waals surface area (Å²) in [6.07, 6.45) is -0.444. The van der Waals surface area contributed by atoms with Gasteiger partial charge in [-0.15, -0.1) is 0 Å². The van der Waals surface area contributed by atoms with Crippen LogP contribution in [0.2, 0.25) is 0 Å². The quantitative estimate of drug-likeness (QED) is 0.668. The number of nitrogens with zero attached hydrogens (tertiary/aromatic N) is 3. The fourth-order valence-electron chi connectivity index (χ4n) is 3.02. The summed E-state index contributed by atoms with van der Waals surface area (Å²) in [6.45, 7) is 0.663. The molecule has 3 heterocycles. The number of hydrogen-bond acceptors (Lipinski definition) is 3. The van der Waals surface area contributed by atoms with Crippen molar-refractivity contribution in [1.29, 1.82) is 0 Å². The van der Waals surface area contributed by atoms with Crippen LogP contribution in [-0.2, 0) is 12.6 Å². The number of benzene rings is 1. The second kappa shape index (κ2) is 5.87. The maximum Gasteiger partial charge on any atom is 0.418 e. The summed E-state index contributed by atoms with van der Waals surface area (Å²) in [5.74, 6) is 0.603. The van der Waals surface area contributed by atoms with Gasteiger partial charge in [-0.25, -0.2) is 4.68 Å². The fraction of sp³-hybridized carbons (Fsp3) is 0.176. The summed E-state index contributed by atoms with van der Waals surface area (Å²) < 4.78 is 42.3. The molecule has 2 aromatic heterocycles. The van der Waals surface area contributed by atoms with Crippen molar-refractivity contribution in [3.8, 4) is 16.9 Å². The van der Waals surface area contributed by atoms with E-state index < -0.39 is 11.7 Å². The highest BCUT2D eigenvalue weighted by Gasteiger charge is 2.35. The normalized spacial score (nSPS) is 13.6. The molecule has 0 amide bonds. The summed E-state index contributed by atoms with van der Waals surface area (Å²) in [6, 6.07) is 7.31. The summed E-state index contributed by atoms with van der Waals surface area (Å²) in [5, 5.41) is 7.63. The number of hydrogen-bond donors (Lipinski definition) is 1. The zero-order valence-electron chi connectivity index (χ0n) is 12.8. The predicted octanol–water partition coefficient (Wildman–Crippen LogP) is 4.68. The van der Waals surface area contributed by atoms with Gasteiger partial charge in [-0.05, 0) is 40.5 Å². The molecule has 0 aliphatic carbocycles. The van der Waals surface area contributed by atoms with Crippen LogP contribution >= 0.6 is 15.9 Å². The molecule has 0 atom stereocenters. The summed E-state index contributed by atoms with van der Waals surface area (Å²) in [7, 11) is 0. The van der Waals surface area contributed by atoms with Crippen LogP contribution in [0.3, 0.4) is 0 Å². The highest BCUT2D eigenvalue weighted by Crippen LogP contribution is 2.39. The Morgan fingerprint density at radius 2 is 1.96 bits per heavy atom. The summed E-state index contributed by atoms with van der Waals surface area (Å²) >= 11 is 3.37. The molecule has 1 aliphatic heterocycles. The third-order valence-corrected chi connectivity index (χ3v) is 4.50. The fourth-order valence-corrected chi connectivity index (χ4v) is 3.39. The van der Waals surface area contributed by atoms with Crippen molar-refractivity contribution in [2.45, 2.75) is 12.6 Å². The largest absolute Gasteiger partial charge is 0.418 e. The first-order valence-electron chi connectivity index (χ1n) is 7.58. The Morgan fingerprint density at radius 3 is 2.72 bits per heavy atom. The molecule has 1 N–H and O–H groups in total. The number of anilines is 1. The second-order valence-corrected chi connectivity index (χ2v) is 6.59. The van der Waals surface area contributed by atoms with Gasteiger partial charge in [0, 0.05) is 34.5 Å². The lowest BCUT2D eigenvalue weighted by Gasteiger charge is -2.14. The molecule has 4 rings (SSSR count). The van der Waals surface area contributed by atoms with Gasteiger partial charge in [0.05, 0.1) is 16.9 Å². The van der Waals surface area contributed by atoms with Gasteiger partial charge < -0.3 is 5.32 Å². The predicted molar refractivity (Wildman–Crippen MR) is 91.7 cm³/mol. The number of pyridine rings is 1. The molecule has 0 bridgehead atoms. The monoisotopic (exact) mass is 408 g/mol. The van der Waals surface area contributed by atoms with Gasteiger partial charge >= 0.3 is 6.18 Å².